The lowest BCUT2D eigenvalue weighted by Crippen LogP contribution is -2.22. The Labute approximate surface area is 201 Å². The molecule has 2 aromatic carbocycles. The number of carbonyl (C=O) groups excluding carboxylic acids is 1. The van der Waals surface area contributed by atoms with Crippen LogP contribution in [0.25, 0.3) is 33.6 Å². The lowest BCUT2D eigenvalue weighted by Gasteiger charge is -2.15. The van der Waals surface area contributed by atoms with E-state index in [0.717, 1.165) is 0 Å². The molecule has 1 amide bonds. The summed E-state index contributed by atoms with van der Waals surface area (Å²) in [5.41, 5.74) is 1.20. The minimum Gasteiger partial charge on any atom is -0.478 e. The highest BCUT2D eigenvalue weighted by Gasteiger charge is 2.29. The summed E-state index contributed by atoms with van der Waals surface area (Å²) in [5.74, 6) is -2.46. The largest absolute Gasteiger partial charge is 0.478 e. The minimum absolute atomic E-state index is 0.0438. The molecule has 7 nitrogen and oxygen atoms in total. The van der Waals surface area contributed by atoms with Gasteiger partial charge in [-0.3, -0.25) is 4.79 Å². The number of rotatable bonds is 6. The molecule has 0 aliphatic heterocycles. The Morgan fingerprint density at radius 1 is 1.06 bits per heavy atom. The van der Waals surface area contributed by atoms with Crippen molar-refractivity contribution in [2.24, 2.45) is 0 Å². The van der Waals surface area contributed by atoms with E-state index in [-0.39, 0.29) is 39.4 Å². The summed E-state index contributed by atoms with van der Waals surface area (Å²) < 4.78 is 58.4. The zero-order valence-corrected chi connectivity index (χ0v) is 19.0. The van der Waals surface area contributed by atoms with Gasteiger partial charge in [-0.1, -0.05) is 6.07 Å². The fourth-order valence-corrected chi connectivity index (χ4v) is 3.75. The first kappa shape index (κ1) is 24.7. The van der Waals surface area contributed by atoms with Crippen molar-refractivity contribution in [2.75, 3.05) is 18.9 Å². The van der Waals surface area contributed by atoms with Crippen LogP contribution in [0, 0.1) is 12.7 Å². The fourth-order valence-electron chi connectivity index (χ4n) is 3.75. The van der Waals surface area contributed by atoms with Crippen LogP contribution in [0.2, 0.25) is 0 Å². The van der Waals surface area contributed by atoms with Gasteiger partial charge >= 0.3 is 12.1 Å². The molecule has 0 radical (unpaired) electrons. The molecule has 186 valence electrons. The van der Waals surface area contributed by atoms with Crippen LogP contribution >= 0.6 is 0 Å². The van der Waals surface area contributed by atoms with Crippen molar-refractivity contribution in [3.63, 3.8) is 0 Å². The van der Waals surface area contributed by atoms with Crippen molar-refractivity contribution in [1.82, 2.24) is 10.3 Å². The Balaban J connectivity index is 2.02. The maximum Gasteiger partial charge on any atom is 0.405 e. The van der Waals surface area contributed by atoms with Crippen molar-refractivity contribution < 1.29 is 36.7 Å². The molecule has 0 saturated carbocycles. The highest BCUT2D eigenvalue weighted by molar-refractivity contribution is 6.11. The van der Waals surface area contributed by atoms with Crippen LogP contribution in [-0.2, 0) is 0 Å². The van der Waals surface area contributed by atoms with E-state index in [4.69, 9.17) is 4.42 Å². The summed E-state index contributed by atoms with van der Waals surface area (Å²) in [6.07, 6.45) is -4.57. The second kappa shape index (κ2) is 9.33. The van der Waals surface area contributed by atoms with Gasteiger partial charge in [-0.2, -0.15) is 18.2 Å². The average molecular weight is 501 g/mol. The van der Waals surface area contributed by atoms with Crippen molar-refractivity contribution in [3.8, 4) is 22.5 Å². The summed E-state index contributed by atoms with van der Waals surface area (Å²) in [7, 11) is 1.39. The molecule has 3 N–H and O–H groups in total. The third-order valence-corrected chi connectivity index (χ3v) is 5.47. The van der Waals surface area contributed by atoms with Gasteiger partial charge in [0.05, 0.1) is 16.5 Å². The van der Waals surface area contributed by atoms with Gasteiger partial charge in [-0.05, 0) is 60.5 Å². The molecule has 0 bridgehead atoms. The number of furan rings is 1. The normalized spacial score (nSPS) is 11.5. The quantitative estimate of drug-likeness (QED) is 0.296. The average Bonchev–Trinajstić information content (AvgIpc) is 3.20. The number of nitrogens with one attached hydrogen (secondary N) is 2. The number of amides is 1. The molecule has 0 aliphatic rings. The fraction of sp³-hybridized carbons (Fsp3) is 0.160. The van der Waals surface area contributed by atoms with E-state index < -0.39 is 30.4 Å². The van der Waals surface area contributed by atoms with Crippen LogP contribution in [0.3, 0.4) is 0 Å². The molecule has 0 aliphatic carbocycles. The van der Waals surface area contributed by atoms with Gasteiger partial charge in [0.15, 0.2) is 0 Å². The molecule has 11 heteroatoms. The number of pyridine rings is 1. The zero-order valence-electron chi connectivity index (χ0n) is 19.0. The maximum absolute atomic E-state index is 13.5. The summed E-state index contributed by atoms with van der Waals surface area (Å²) in [4.78, 5) is 28.6. The van der Waals surface area contributed by atoms with Crippen LogP contribution in [-0.4, -0.2) is 41.7 Å². The Morgan fingerprint density at radius 3 is 2.36 bits per heavy atom. The third-order valence-electron chi connectivity index (χ3n) is 5.47. The van der Waals surface area contributed by atoms with E-state index in [1.807, 2.05) is 0 Å². The topological polar surface area (TPSA) is 104 Å². The van der Waals surface area contributed by atoms with Crippen LogP contribution in [0.5, 0.6) is 0 Å². The van der Waals surface area contributed by atoms with E-state index >= 15 is 0 Å². The molecule has 2 heterocycles. The first-order valence-electron chi connectivity index (χ1n) is 10.6. The summed E-state index contributed by atoms with van der Waals surface area (Å²) >= 11 is 0. The molecule has 36 heavy (non-hydrogen) atoms. The Kier molecular flexibility index (Phi) is 6.40. The predicted octanol–water partition coefficient (Wildman–Crippen LogP) is 5.64. The third kappa shape index (κ3) is 4.85. The van der Waals surface area contributed by atoms with Crippen LogP contribution in [0.1, 0.15) is 26.3 Å². The number of alkyl halides is 3. The van der Waals surface area contributed by atoms with Gasteiger partial charge < -0.3 is 20.2 Å². The number of hydrogen-bond donors (Lipinski definition) is 3. The van der Waals surface area contributed by atoms with Crippen LogP contribution in [0.15, 0.2) is 52.9 Å². The molecule has 0 saturated heterocycles. The van der Waals surface area contributed by atoms with Gasteiger partial charge in [0.2, 0.25) is 5.71 Å². The van der Waals surface area contributed by atoms with Crippen LogP contribution in [0.4, 0.5) is 23.4 Å². The predicted molar refractivity (Wildman–Crippen MR) is 124 cm³/mol. The van der Waals surface area contributed by atoms with E-state index in [1.54, 1.807) is 6.92 Å². The van der Waals surface area contributed by atoms with Crippen LogP contribution < -0.4 is 10.6 Å². The summed E-state index contributed by atoms with van der Waals surface area (Å²) in [6, 6.07) is 10.8. The summed E-state index contributed by atoms with van der Waals surface area (Å²) in [6.45, 7) is 0.252. The number of carboxylic acids is 1. The monoisotopic (exact) mass is 501 g/mol. The molecule has 4 rings (SSSR count). The Hall–Kier alpha value is -4.41. The second-order valence-electron chi connectivity index (χ2n) is 7.93. The molecular weight excluding hydrogens is 482 g/mol. The number of nitrogens with zero attached hydrogens (tertiary/aromatic N) is 1. The molecule has 4 aromatic rings. The number of aryl methyl sites for hydroxylation is 1. The Morgan fingerprint density at radius 2 is 1.75 bits per heavy atom. The second-order valence-corrected chi connectivity index (χ2v) is 7.93. The van der Waals surface area contributed by atoms with Gasteiger partial charge in [-0.25, -0.2) is 9.18 Å². The van der Waals surface area contributed by atoms with Crippen molar-refractivity contribution in [2.45, 2.75) is 13.1 Å². The number of halogens is 4. The first-order chi connectivity index (χ1) is 17.0. The number of anilines is 1. The van der Waals surface area contributed by atoms with Gasteiger partial charge in [-0.15, -0.1) is 0 Å². The molecular formula is C25H19F4N3O4. The zero-order chi connectivity index (χ0) is 26.2. The highest BCUT2D eigenvalue weighted by atomic mass is 19.4. The lowest BCUT2D eigenvalue weighted by atomic mass is 9.96. The van der Waals surface area contributed by atoms with Crippen molar-refractivity contribution >= 4 is 28.8 Å². The minimum atomic E-state index is -4.57. The first-order valence-corrected chi connectivity index (χ1v) is 10.6. The van der Waals surface area contributed by atoms with E-state index in [1.165, 1.54) is 55.6 Å². The van der Waals surface area contributed by atoms with Crippen molar-refractivity contribution in [3.05, 3.63) is 71.0 Å². The maximum atomic E-state index is 13.5. The standard InChI is InChI=1S/C25H19F4N3O4/c1-12-3-4-14(24(34)35)9-16(12)17-10-18-19(22(33)30-2)20(13-5-7-15(26)8-6-13)36-23(18)32-21(17)31-11-25(27,28)29/h3-10H,11H2,1-2H3,(H,30,33)(H,31,32)(H,34,35). The van der Waals surface area contributed by atoms with Crippen molar-refractivity contribution in [1.29, 1.82) is 0 Å². The number of aromatic nitrogens is 1. The molecule has 0 spiro atoms. The number of hydrogen-bond acceptors (Lipinski definition) is 5. The number of carboxylic acid groups (broad SMARTS) is 1. The number of carbonyl (C=O) groups is 2. The Bertz CT molecular complexity index is 1480. The van der Waals surface area contributed by atoms with Gasteiger partial charge in [0, 0.05) is 18.2 Å². The van der Waals surface area contributed by atoms with Gasteiger partial charge in [0.1, 0.15) is 23.9 Å². The summed E-state index contributed by atoms with van der Waals surface area (Å²) in [5, 5.41) is 14.3. The number of benzene rings is 2. The van der Waals surface area contributed by atoms with E-state index in [2.05, 4.69) is 15.6 Å². The van der Waals surface area contributed by atoms with E-state index in [0.29, 0.717) is 16.7 Å². The number of fused-ring (bicyclic) bond motifs is 1. The van der Waals surface area contributed by atoms with Gasteiger partial charge in [0.25, 0.3) is 5.91 Å². The molecule has 0 unspecified atom stereocenters. The number of aromatic carboxylic acids is 1. The smallest absolute Gasteiger partial charge is 0.405 e. The van der Waals surface area contributed by atoms with E-state index in [9.17, 15) is 32.3 Å². The molecule has 0 fully saturated rings. The molecule has 0 atom stereocenters. The highest BCUT2D eigenvalue weighted by Crippen LogP contribution is 2.39. The lowest BCUT2D eigenvalue weighted by molar-refractivity contribution is -0.115. The molecule has 2 aromatic heterocycles. The SMILES string of the molecule is CNC(=O)c1c(-c2ccc(F)cc2)oc2nc(NCC(F)(F)F)c(-c3cc(C(=O)O)ccc3C)cc12.